The molecule has 1 aromatic carbocycles. The summed E-state index contributed by atoms with van der Waals surface area (Å²) < 4.78 is 16.9. The summed E-state index contributed by atoms with van der Waals surface area (Å²) in [6, 6.07) is 6.04. The van der Waals surface area contributed by atoms with Crippen molar-refractivity contribution < 1.29 is 14.2 Å². The largest absolute Gasteiger partial charge is 0.493 e. The van der Waals surface area contributed by atoms with Gasteiger partial charge in [-0.3, -0.25) is 14.7 Å². The summed E-state index contributed by atoms with van der Waals surface area (Å²) in [7, 11) is 1.66. The summed E-state index contributed by atoms with van der Waals surface area (Å²) in [5.41, 5.74) is 2.80. The van der Waals surface area contributed by atoms with Crippen LogP contribution in [0.4, 0.5) is 5.95 Å². The molecule has 31 heavy (non-hydrogen) atoms. The number of hydrogen-bond acceptors (Lipinski definition) is 7. The number of hydrogen-bond donors (Lipinski definition) is 1. The van der Waals surface area contributed by atoms with Crippen molar-refractivity contribution in [2.24, 2.45) is 0 Å². The lowest BCUT2D eigenvalue weighted by Crippen LogP contribution is -2.47. The quantitative estimate of drug-likeness (QED) is 0.757. The summed E-state index contributed by atoms with van der Waals surface area (Å²) in [6.45, 7) is 10.3. The molecule has 168 valence electrons. The molecule has 8 heteroatoms. The molecule has 0 radical (unpaired) electrons. The van der Waals surface area contributed by atoms with E-state index in [1.165, 1.54) is 0 Å². The van der Waals surface area contributed by atoms with Gasteiger partial charge >= 0.3 is 0 Å². The van der Waals surface area contributed by atoms with Crippen molar-refractivity contribution in [3.8, 4) is 11.5 Å². The highest BCUT2D eigenvalue weighted by atomic mass is 16.5. The summed E-state index contributed by atoms with van der Waals surface area (Å²) in [6.07, 6.45) is 0.912. The topological polar surface area (TPSA) is 79.9 Å². The average Bonchev–Trinajstić information content (AvgIpc) is 2.74. The molecule has 2 atom stereocenters. The first-order valence-electron chi connectivity index (χ1n) is 11.0. The van der Waals surface area contributed by atoms with Gasteiger partial charge in [0, 0.05) is 38.3 Å². The first-order chi connectivity index (χ1) is 15.0. The van der Waals surface area contributed by atoms with Crippen molar-refractivity contribution >= 4 is 5.95 Å². The molecule has 4 rings (SSSR count). The van der Waals surface area contributed by atoms with Crippen LogP contribution in [0.1, 0.15) is 37.6 Å². The molecule has 2 aromatic rings. The zero-order valence-corrected chi connectivity index (χ0v) is 18.8. The van der Waals surface area contributed by atoms with Crippen molar-refractivity contribution in [2.75, 3.05) is 38.3 Å². The minimum atomic E-state index is -0.0193. The minimum Gasteiger partial charge on any atom is -0.493 e. The fraction of sp³-hybridized carbons (Fsp3) is 0.565. The number of rotatable bonds is 6. The van der Waals surface area contributed by atoms with E-state index in [-0.39, 0.29) is 17.8 Å². The fourth-order valence-corrected chi connectivity index (χ4v) is 4.46. The Morgan fingerprint density at radius 2 is 2.00 bits per heavy atom. The fourth-order valence-electron chi connectivity index (χ4n) is 4.46. The van der Waals surface area contributed by atoms with Crippen LogP contribution >= 0.6 is 0 Å². The number of morpholine rings is 1. The zero-order chi connectivity index (χ0) is 22.0. The van der Waals surface area contributed by atoms with Crippen LogP contribution in [0.15, 0.2) is 23.0 Å². The predicted molar refractivity (Wildman–Crippen MR) is 119 cm³/mol. The second kappa shape index (κ2) is 9.28. The van der Waals surface area contributed by atoms with Gasteiger partial charge in [0.1, 0.15) is 0 Å². The van der Waals surface area contributed by atoms with Crippen molar-refractivity contribution in [3.05, 3.63) is 45.4 Å². The number of H-pyrrole nitrogens is 1. The van der Waals surface area contributed by atoms with Crippen LogP contribution in [0.5, 0.6) is 11.5 Å². The maximum absolute atomic E-state index is 12.7. The maximum atomic E-state index is 12.7. The number of nitrogens with one attached hydrogen (secondary N) is 1. The molecule has 1 fully saturated rings. The van der Waals surface area contributed by atoms with Crippen LogP contribution in [-0.2, 0) is 24.2 Å². The van der Waals surface area contributed by atoms with E-state index in [0.29, 0.717) is 25.5 Å². The van der Waals surface area contributed by atoms with E-state index in [1.807, 2.05) is 32.9 Å². The molecule has 0 spiro atoms. The Bertz CT molecular complexity index is 967. The summed E-state index contributed by atoms with van der Waals surface area (Å²) in [5, 5.41) is 0. The van der Waals surface area contributed by atoms with Crippen LogP contribution in [-0.4, -0.2) is 60.4 Å². The van der Waals surface area contributed by atoms with Gasteiger partial charge in [0.05, 0.1) is 31.6 Å². The normalized spacial score (nSPS) is 21.6. The molecule has 2 aliphatic rings. The Labute approximate surface area is 183 Å². The highest BCUT2D eigenvalue weighted by Crippen LogP contribution is 2.29. The van der Waals surface area contributed by atoms with Crippen LogP contribution in [0.2, 0.25) is 0 Å². The molecular weight excluding hydrogens is 396 g/mol. The molecule has 3 heterocycles. The van der Waals surface area contributed by atoms with Crippen molar-refractivity contribution in [1.82, 2.24) is 14.9 Å². The summed E-state index contributed by atoms with van der Waals surface area (Å²) in [4.78, 5) is 25.0. The van der Waals surface area contributed by atoms with E-state index >= 15 is 0 Å². The van der Waals surface area contributed by atoms with Gasteiger partial charge in [-0.1, -0.05) is 6.07 Å². The Balaban J connectivity index is 1.51. The lowest BCUT2D eigenvalue weighted by Gasteiger charge is -2.36. The SMILES string of the molecule is CCOc1ccc(CN2CCc3c(nc(N4C[C@H](C)O[C@@H](C)C4)[nH]c3=O)C2)cc1OC. The molecule has 0 aliphatic carbocycles. The Morgan fingerprint density at radius 3 is 2.71 bits per heavy atom. The number of nitrogens with zero attached hydrogens (tertiary/aromatic N) is 3. The molecule has 1 N–H and O–H groups in total. The van der Waals surface area contributed by atoms with Crippen LogP contribution < -0.4 is 19.9 Å². The number of fused-ring (bicyclic) bond motifs is 1. The molecule has 1 aromatic heterocycles. The van der Waals surface area contributed by atoms with Gasteiger partial charge < -0.3 is 19.1 Å². The van der Waals surface area contributed by atoms with Crippen LogP contribution in [0.25, 0.3) is 0 Å². The van der Waals surface area contributed by atoms with Gasteiger partial charge in [-0.15, -0.1) is 0 Å². The Morgan fingerprint density at radius 1 is 1.23 bits per heavy atom. The first kappa shape index (κ1) is 21.6. The van der Waals surface area contributed by atoms with E-state index in [9.17, 15) is 4.79 Å². The van der Waals surface area contributed by atoms with Crippen LogP contribution in [0.3, 0.4) is 0 Å². The first-order valence-corrected chi connectivity index (χ1v) is 11.0. The third-order valence-electron chi connectivity index (χ3n) is 5.79. The van der Waals surface area contributed by atoms with Gasteiger partial charge in [-0.05, 0) is 44.9 Å². The number of anilines is 1. The number of ether oxygens (including phenoxy) is 3. The van der Waals surface area contributed by atoms with E-state index in [0.717, 1.165) is 54.5 Å². The average molecular weight is 429 g/mol. The number of methoxy groups -OCH3 is 1. The van der Waals surface area contributed by atoms with Crippen molar-refractivity contribution in [1.29, 1.82) is 0 Å². The van der Waals surface area contributed by atoms with Crippen molar-refractivity contribution in [3.63, 3.8) is 0 Å². The third kappa shape index (κ3) is 4.85. The lowest BCUT2D eigenvalue weighted by atomic mass is 10.1. The second-order valence-corrected chi connectivity index (χ2v) is 8.36. The predicted octanol–water partition coefficient (Wildman–Crippen LogP) is 2.35. The molecule has 2 aliphatic heterocycles. The highest BCUT2D eigenvalue weighted by Gasteiger charge is 2.27. The number of aromatic amines is 1. The van der Waals surface area contributed by atoms with Crippen LogP contribution in [0, 0.1) is 0 Å². The second-order valence-electron chi connectivity index (χ2n) is 8.36. The van der Waals surface area contributed by atoms with Crippen molar-refractivity contribution in [2.45, 2.75) is 52.5 Å². The van der Waals surface area contributed by atoms with Gasteiger partial charge in [0.2, 0.25) is 5.95 Å². The van der Waals surface area contributed by atoms with Gasteiger partial charge in [-0.25, -0.2) is 4.98 Å². The van der Waals surface area contributed by atoms with Gasteiger partial charge in [-0.2, -0.15) is 0 Å². The molecular formula is C23H32N4O4. The molecule has 0 saturated carbocycles. The van der Waals surface area contributed by atoms with E-state index in [2.05, 4.69) is 20.9 Å². The monoisotopic (exact) mass is 428 g/mol. The standard InChI is InChI=1S/C23H32N4O4/c1-5-30-20-7-6-17(10-21(20)29-4)13-26-9-8-18-19(14-26)24-23(25-22(18)28)27-11-15(2)31-16(3)12-27/h6-7,10,15-16H,5,8-9,11-14H2,1-4H3,(H,24,25,28)/t15-,16-/m0/s1. The third-order valence-corrected chi connectivity index (χ3v) is 5.79. The molecule has 0 unspecified atom stereocenters. The Kier molecular flexibility index (Phi) is 6.48. The van der Waals surface area contributed by atoms with Gasteiger partial charge in [0.25, 0.3) is 5.56 Å². The minimum absolute atomic E-state index is 0.0193. The Hall–Kier alpha value is -2.58. The highest BCUT2D eigenvalue weighted by molar-refractivity contribution is 5.43. The lowest BCUT2D eigenvalue weighted by molar-refractivity contribution is -0.00576. The maximum Gasteiger partial charge on any atom is 0.255 e. The summed E-state index contributed by atoms with van der Waals surface area (Å²) in [5.74, 6) is 2.14. The molecule has 0 bridgehead atoms. The number of benzene rings is 1. The number of aromatic nitrogens is 2. The van der Waals surface area contributed by atoms with E-state index in [1.54, 1.807) is 7.11 Å². The van der Waals surface area contributed by atoms with E-state index < -0.39 is 0 Å². The summed E-state index contributed by atoms with van der Waals surface area (Å²) >= 11 is 0. The molecule has 0 amide bonds. The smallest absolute Gasteiger partial charge is 0.255 e. The zero-order valence-electron chi connectivity index (χ0n) is 18.8. The molecule has 1 saturated heterocycles. The van der Waals surface area contributed by atoms with Gasteiger partial charge in [0.15, 0.2) is 11.5 Å². The molecule has 8 nitrogen and oxygen atoms in total. The van der Waals surface area contributed by atoms with E-state index in [4.69, 9.17) is 19.2 Å².